The van der Waals surface area contributed by atoms with Crippen LogP contribution in [0.4, 0.5) is 0 Å². The van der Waals surface area contributed by atoms with Crippen molar-refractivity contribution in [2.24, 2.45) is 0 Å². The molecule has 0 atom stereocenters. The molecule has 2 aromatic carbocycles. The van der Waals surface area contributed by atoms with Gasteiger partial charge in [-0.05, 0) is 31.2 Å². The van der Waals surface area contributed by atoms with Gasteiger partial charge in [0, 0.05) is 11.6 Å². The number of nitriles is 1. The van der Waals surface area contributed by atoms with Crippen molar-refractivity contribution < 1.29 is 4.74 Å². The molecule has 1 heterocycles. The number of aryl methyl sites for hydroxylation is 1. The van der Waals surface area contributed by atoms with Crippen molar-refractivity contribution in [1.29, 1.82) is 5.26 Å². The van der Waals surface area contributed by atoms with Crippen molar-refractivity contribution in [2.75, 3.05) is 0 Å². The summed E-state index contributed by atoms with van der Waals surface area (Å²) in [5, 5.41) is 10.1. The molecular weight excluding hydrogens is 248 g/mol. The lowest BCUT2D eigenvalue weighted by Gasteiger charge is -2.10. The molecule has 3 rings (SSSR count). The molecular formula is C17H12N2O. The third kappa shape index (κ3) is 2.19. The van der Waals surface area contributed by atoms with Gasteiger partial charge in [0.2, 0.25) is 0 Å². The molecule has 0 saturated heterocycles. The van der Waals surface area contributed by atoms with E-state index in [0.29, 0.717) is 17.1 Å². The Bertz CT molecular complexity index is 801. The SMILES string of the molecule is Cc1ccc(Oc2c(C#N)cnc3ccccc23)cc1. The molecule has 0 fully saturated rings. The van der Waals surface area contributed by atoms with Crippen molar-refractivity contribution in [1.82, 2.24) is 4.98 Å². The van der Waals surface area contributed by atoms with Gasteiger partial charge in [0.05, 0.1) is 5.52 Å². The molecule has 1 aromatic heterocycles. The lowest BCUT2D eigenvalue weighted by Crippen LogP contribution is -1.92. The Morgan fingerprint density at radius 2 is 1.80 bits per heavy atom. The van der Waals surface area contributed by atoms with Crippen molar-refractivity contribution >= 4 is 10.9 Å². The number of hydrogen-bond donors (Lipinski definition) is 0. The first-order valence-electron chi connectivity index (χ1n) is 6.30. The summed E-state index contributed by atoms with van der Waals surface area (Å²) in [6.07, 6.45) is 1.55. The second-order valence-corrected chi connectivity index (χ2v) is 4.55. The molecule has 0 bridgehead atoms. The van der Waals surface area contributed by atoms with E-state index >= 15 is 0 Å². The minimum absolute atomic E-state index is 0.435. The van der Waals surface area contributed by atoms with Crippen LogP contribution < -0.4 is 4.74 Å². The Kier molecular flexibility index (Phi) is 3.06. The second kappa shape index (κ2) is 5.02. The number of pyridine rings is 1. The minimum Gasteiger partial charge on any atom is -0.455 e. The van der Waals surface area contributed by atoms with Crippen LogP contribution in [-0.2, 0) is 0 Å². The Morgan fingerprint density at radius 3 is 2.55 bits per heavy atom. The van der Waals surface area contributed by atoms with Gasteiger partial charge in [0.15, 0.2) is 5.75 Å². The summed E-state index contributed by atoms with van der Waals surface area (Å²) in [4.78, 5) is 4.27. The monoisotopic (exact) mass is 260 g/mol. The van der Waals surface area contributed by atoms with E-state index in [0.717, 1.165) is 16.5 Å². The Hall–Kier alpha value is -2.86. The van der Waals surface area contributed by atoms with Crippen molar-refractivity contribution in [3.8, 4) is 17.6 Å². The molecule has 0 aliphatic heterocycles. The molecule has 0 saturated carbocycles. The summed E-state index contributed by atoms with van der Waals surface area (Å²) in [7, 11) is 0. The zero-order chi connectivity index (χ0) is 13.9. The fraction of sp³-hybridized carbons (Fsp3) is 0.0588. The fourth-order valence-electron chi connectivity index (χ4n) is 2.03. The summed E-state index contributed by atoms with van der Waals surface area (Å²) in [6, 6.07) is 17.5. The highest BCUT2D eigenvalue weighted by atomic mass is 16.5. The van der Waals surface area contributed by atoms with E-state index in [1.165, 1.54) is 0 Å². The van der Waals surface area contributed by atoms with Crippen molar-refractivity contribution in [2.45, 2.75) is 6.92 Å². The lowest BCUT2D eigenvalue weighted by molar-refractivity contribution is 0.486. The van der Waals surface area contributed by atoms with Crippen LogP contribution in [0.25, 0.3) is 10.9 Å². The van der Waals surface area contributed by atoms with Crippen LogP contribution in [0.2, 0.25) is 0 Å². The summed E-state index contributed by atoms with van der Waals surface area (Å²) in [6.45, 7) is 2.02. The molecule has 0 N–H and O–H groups in total. The predicted molar refractivity (Wildman–Crippen MR) is 77.7 cm³/mol. The third-order valence-corrected chi connectivity index (χ3v) is 3.09. The molecule has 0 amide bonds. The maximum atomic E-state index is 9.23. The number of ether oxygens (including phenoxy) is 1. The van der Waals surface area contributed by atoms with E-state index < -0.39 is 0 Å². The average Bonchev–Trinajstić information content (AvgIpc) is 2.50. The molecule has 3 heteroatoms. The molecule has 0 spiro atoms. The van der Waals surface area contributed by atoms with Gasteiger partial charge < -0.3 is 4.74 Å². The molecule has 96 valence electrons. The highest BCUT2D eigenvalue weighted by Crippen LogP contribution is 2.32. The van der Waals surface area contributed by atoms with E-state index in [-0.39, 0.29) is 0 Å². The number of hydrogen-bond acceptors (Lipinski definition) is 3. The minimum atomic E-state index is 0.435. The van der Waals surface area contributed by atoms with E-state index in [9.17, 15) is 5.26 Å². The highest BCUT2D eigenvalue weighted by Gasteiger charge is 2.10. The van der Waals surface area contributed by atoms with Gasteiger partial charge in [-0.25, -0.2) is 0 Å². The zero-order valence-corrected chi connectivity index (χ0v) is 11.0. The van der Waals surface area contributed by atoms with E-state index in [1.54, 1.807) is 6.20 Å². The predicted octanol–water partition coefficient (Wildman–Crippen LogP) is 4.21. The summed E-state index contributed by atoms with van der Waals surface area (Å²) >= 11 is 0. The van der Waals surface area contributed by atoms with Crippen LogP contribution in [-0.4, -0.2) is 4.98 Å². The maximum absolute atomic E-state index is 9.23. The molecule has 0 aliphatic carbocycles. The highest BCUT2D eigenvalue weighted by molar-refractivity contribution is 5.87. The molecule has 3 aromatic rings. The zero-order valence-electron chi connectivity index (χ0n) is 11.0. The van der Waals surface area contributed by atoms with E-state index in [2.05, 4.69) is 11.1 Å². The quantitative estimate of drug-likeness (QED) is 0.693. The number of fused-ring (bicyclic) bond motifs is 1. The average molecular weight is 260 g/mol. The summed E-state index contributed by atoms with van der Waals surface area (Å²) < 4.78 is 5.91. The van der Waals surface area contributed by atoms with Gasteiger partial charge in [-0.15, -0.1) is 0 Å². The third-order valence-electron chi connectivity index (χ3n) is 3.09. The van der Waals surface area contributed by atoms with Gasteiger partial charge in [0.25, 0.3) is 0 Å². The molecule has 3 nitrogen and oxygen atoms in total. The largest absolute Gasteiger partial charge is 0.455 e. The van der Waals surface area contributed by atoms with Gasteiger partial charge in [-0.3, -0.25) is 4.98 Å². The molecule has 20 heavy (non-hydrogen) atoms. The molecule has 0 radical (unpaired) electrons. The van der Waals surface area contributed by atoms with Gasteiger partial charge in [-0.1, -0.05) is 29.8 Å². The summed E-state index contributed by atoms with van der Waals surface area (Å²) in [5.41, 5.74) is 2.41. The lowest BCUT2D eigenvalue weighted by atomic mass is 10.1. The van der Waals surface area contributed by atoms with Crippen molar-refractivity contribution in [3.63, 3.8) is 0 Å². The standard InChI is InChI=1S/C17H12N2O/c1-12-6-8-14(9-7-12)20-17-13(10-18)11-19-16-5-3-2-4-15(16)17/h2-9,11H,1H3. The van der Waals surface area contributed by atoms with Crippen LogP contribution >= 0.6 is 0 Å². The maximum Gasteiger partial charge on any atom is 0.156 e. The topological polar surface area (TPSA) is 45.9 Å². The Labute approximate surface area is 117 Å². The first kappa shape index (κ1) is 12.2. The first-order chi connectivity index (χ1) is 9.78. The van der Waals surface area contributed by atoms with Gasteiger partial charge >= 0.3 is 0 Å². The second-order valence-electron chi connectivity index (χ2n) is 4.55. The number of benzene rings is 2. The van der Waals surface area contributed by atoms with Crippen LogP contribution in [0.5, 0.6) is 11.5 Å². The fourth-order valence-corrected chi connectivity index (χ4v) is 2.03. The van der Waals surface area contributed by atoms with Crippen molar-refractivity contribution in [3.05, 3.63) is 65.9 Å². The normalized spacial score (nSPS) is 10.2. The van der Waals surface area contributed by atoms with Gasteiger partial charge in [0.1, 0.15) is 17.4 Å². The van der Waals surface area contributed by atoms with E-state index in [4.69, 9.17) is 4.74 Å². The first-order valence-corrected chi connectivity index (χ1v) is 6.30. The number of para-hydroxylation sites is 1. The van der Waals surface area contributed by atoms with Crippen LogP contribution in [0.15, 0.2) is 54.7 Å². The number of aromatic nitrogens is 1. The Balaban J connectivity index is 2.14. The molecule has 0 aliphatic rings. The number of rotatable bonds is 2. The summed E-state index contributed by atoms with van der Waals surface area (Å²) in [5.74, 6) is 1.27. The van der Waals surface area contributed by atoms with Gasteiger partial charge in [-0.2, -0.15) is 5.26 Å². The van der Waals surface area contributed by atoms with Crippen LogP contribution in [0.1, 0.15) is 11.1 Å². The van der Waals surface area contributed by atoms with E-state index in [1.807, 2.05) is 55.5 Å². The Morgan fingerprint density at radius 1 is 1.05 bits per heavy atom. The van der Waals surface area contributed by atoms with Crippen LogP contribution in [0.3, 0.4) is 0 Å². The molecule has 0 unspecified atom stereocenters. The smallest absolute Gasteiger partial charge is 0.156 e. The number of nitrogens with zero attached hydrogens (tertiary/aromatic N) is 2. The van der Waals surface area contributed by atoms with Crippen LogP contribution in [0, 0.1) is 18.3 Å².